The lowest BCUT2D eigenvalue weighted by Gasteiger charge is -2.15. The number of rotatable bonds is 11. The highest BCUT2D eigenvalue weighted by molar-refractivity contribution is 7.89. The Kier molecular flexibility index (Phi) is 8.44. The Morgan fingerprint density at radius 2 is 1.59 bits per heavy atom. The number of primary amides is 1. The number of carbonyl (C=O) groups is 4. The van der Waals surface area contributed by atoms with Crippen molar-refractivity contribution in [1.29, 1.82) is 0 Å². The van der Waals surface area contributed by atoms with Gasteiger partial charge in [-0.25, -0.2) is 8.42 Å². The standard InChI is InChI=1S/C20H23N5O6S/c21-16-3-1-2-4-17(16)32(30,31)25-15(12-26)11-24-18(27)9-10-23-20(29)14-7-5-13(6-8-14)19(22)28/h1-8,12,15,25H,9-11,21H2,(H2,22,28)(H,23,29)(H,24,27). The van der Waals surface area contributed by atoms with E-state index in [1.807, 2.05) is 0 Å². The van der Waals surface area contributed by atoms with Crippen molar-refractivity contribution >= 4 is 39.7 Å². The molecule has 11 nitrogen and oxygen atoms in total. The minimum Gasteiger partial charge on any atom is -0.398 e. The quantitative estimate of drug-likeness (QED) is 0.212. The Bertz CT molecular complexity index is 1100. The van der Waals surface area contributed by atoms with E-state index in [-0.39, 0.29) is 41.2 Å². The van der Waals surface area contributed by atoms with Crippen molar-refractivity contribution in [2.24, 2.45) is 5.73 Å². The van der Waals surface area contributed by atoms with Gasteiger partial charge in [-0.1, -0.05) is 12.1 Å². The van der Waals surface area contributed by atoms with Crippen LogP contribution in [0.2, 0.25) is 0 Å². The molecule has 0 saturated carbocycles. The van der Waals surface area contributed by atoms with Gasteiger partial charge >= 0.3 is 0 Å². The third-order valence-electron chi connectivity index (χ3n) is 4.27. The SMILES string of the molecule is NC(=O)c1ccc(C(=O)NCCC(=O)NCC(C=O)NS(=O)(=O)c2ccccc2N)cc1. The molecule has 170 valence electrons. The fourth-order valence-corrected chi connectivity index (χ4v) is 3.90. The summed E-state index contributed by atoms with van der Waals surface area (Å²) >= 11 is 0. The first kappa shape index (κ1) is 24.5. The average Bonchev–Trinajstić information content (AvgIpc) is 2.76. The number of hydrogen-bond donors (Lipinski definition) is 5. The molecule has 2 rings (SSSR count). The smallest absolute Gasteiger partial charge is 0.251 e. The topological polar surface area (TPSA) is 191 Å². The van der Waals surface area contributed by atoms with E-state index in [1.165, 1.54) is 42.5 Å². The fraction of sp³-hybridized carbons (Fsp3) is 0.200. The predicted octanol–water partition coefficient (Wildman–Crippen LogP) is -0.850. The minimum atomic E-state index is -4.06. The molecule has 2 aromatic rings. The number of para-hydroxylation sites is 1. The maximum atomic E-state index is 12.4. The zero-order chi connectivity index (χ0) is 23.7. The van der Waals surface area contributed by atoms with Gasteiger partial charge < -0.3 is 26.9 Å². The van der Waals surface area contributed by atoms with E-state index < -0.39 is 33.8 Å². The Morgan fingerprint density at radius 3 is 2.19 bits per heavy atom. The molecule has 0 aromatic heterocycles. The van der Waals surface area contributed by atoms with Gasteiger partial charge in [-0.05, 0) is 36.4 Å². The van der Waals surface area contributed by atoms with Crippen molar-refractivity contribution in [3.63, 3.8) is 0 Å². The highest BCUT2D eigenvalue weighted by atomic mass is 32.2. The number of nitrogen functional groups attached to an aromatic ring is 1. The molecule has 0 fully saturated rings. The highest BCUT2D eigenvalue weighted by Gasteiger charge is 2.22. The van der Waals surface area contributed by atoms with Gasteiger partial charge in [0, 0.05) is 30.6 Å². The molecule has 12 heteroatoms. The molecule has 1 atom stereocenters. The summed E-state index contributed by atoms with van der Waals surface area (Å²) in [6.45, 7) is -0.281. The number of sulfonamides is 1. The molecule has 0 radical (unpaired) electrons. The number of anilines is 1. The largest absolute Gasteiger partial charge is 0.398 e. The second kappa shape index (κ2) is 11.0. The van der Waals surface area contributed by atoms with Crippen LogP contribution in [0.1, 0.15) is 27.1 Å². The van der Waals surface area contributed by atoms with E-state index in [0.29, 0.717) is 6.29 Å². The van der Waals surface area contributed by atoms with Crippen LogP contribution in [0.4, 0.5) is 5.69 Å². The monoisotopic (exact) mass is 461 g/mol. The summed E-state index contributed by atoms with van der Waals surface area (Å²) in [5.74, 6) is -1.57. The maximum absolute atomic E-state index is 12.4. The Balaban J connectivity index is 1.80. The summed E-state index contributed by atoms with van der Waals surface area (Å²) < 4.78 is 26.9. The van der Waals surface area contributed by atoms with Gasteiger partial charge in [-0.2, -0.15) is 4.72 Å². The van der Waals surface area contributed by atoms with Crippen LogP contribution in [-0.4, -0.2) is 51.6 Å². The van der Waals surface area contributed by atoms with E-state index in [9.17, 15) is 27.6 Å². The average molecular weight is 462 g/mol. The lowest BCUT2D eigenvalue weighted by Crippen LogP contribution is -2.45. The number of nitrogens with one attached hydrogen (secondary N) is 3. The lowest BCUT2D eigenvalue weighted by molar-refractivity contribution is -0.121. The second-order valence-electron chi connectivity index (χ2n) is 6.65. The predicted molar refractivity (Wildman–Crippen MR) is 116 cm³/mol. The third kappa shape index (κ3) is 6.89. The Hall–Kier alpha value is -3.77. The Morgan fingerprint density at radius 1 is 0.969 bits per heavy atom. The van der Waals surface area contributed by atoms with Gasteiger partial charge in [-0.15, -0.1) is 0 Å². The molecule has 0 aliphatic heterocycles. The van der Waals surface area contributed by atoms with E-state index in [0.717, 1.165) is 0 Å². The van der Waals surface area contributed by atoms with Crippen molar-refractivity contribution in [2.75, 3.05) is 18.8 Å². The normalized spacial score (nSPS) is 11.9. The summed E-state index contributed by atoms with van der Waals surface area (Å²) in [4.78, 5) is 46.1. The zero-order valence-electron chi connectivity index (χ0n) is 16.9. The molecule has 32 heavy (non-hydrogen) atoms. The molecular weight excluding hydrogens is 438 g/mol. The van der Waals surface area contributed by atoms with Crippen LogP contribution in [0.15, 0.2) is 53.4 Å². The minimum absolute atomic E-state index is 0.000267. The fourth-order valence-electron chi connectivity index (χ4n) is 2.60. The van der Waals surface area contributed by atoms with Crippen LogP contribution < -0.4 is 26.8 Å². The molecule has 0 aliphatic rings. The molecule has 0 aliphatic carbocycles. The van der Waals surface area contributed by atoms with Crippen molar-refractivity contribution < 1.29 is 27.6 Å². The van der Waals surface area contributed by atoms with Crippen molar-refractivity contribution in [3.05, 3.63) is 59.7 Å². The van der Waals surface area contributed by atoms with E-state index in [4.69, 9.17) is 11.5 Å². The van der Waals surface area contributed by atoms with E-state index in [1.54, 1.807) is 6.07 Å². The second-order valence-corrected chi connectivity index (χ2v) is 8.34. The number of benzene rings is 2. The van der Waals surface area contributed by atoms with E-state index in [2.05, 4.69) is 15.4 Å². The van der Waals surface area contributed by atoms with Gasteiger partial charge in [0.05, 0.1) is 11.7 Å². The van der Waals surface area contributed by atoms with Crippen LogP contribution in [0.25, 0.3) is 0 Å². The molecular formula is C20H23N5O6S. The van der Waals surface area contributed by atoms with Crippen LogP contribution in [0.5, 0.6) is 0 Å². The maximum Gasteiger partial charge on any atom is 0.251 e. The molecule has 3 amide bonds. The van der Waals surface area contributed by atoms with E-state index >= 15 is 0 Å². The lowest BCUT2D eigenvalue weighted by atomic mass is 10.1. The number of hydrogen-bond acceptors (Lipinski definition) is 7. The number of amides is 3. The van der Waals surface area contributed by atoms with Crippen molar-refractivity contribution in [1.82, 2.24) is 15.4 Å². The molecule has 0 heterocycles. The van der Waals surface area contributed by atoms with Gasteiger partial charge in [0.15, 0.2) is 0 Å². The van der Waals surface area contributed by atoms with Crippen LogP contribution in [-0.2, 0) is 19.6 Å². The summed E-state index contributed by atoms with van der Waals surface area (Å²) in [7, 11) is -4.06. The first-order valence-corrected chi connectivity index (χ1v) is 10.9. The molecule has 0 saturated heterocycles. The summed E-state index contributed by atoms with van der Waals surface area (Å²) in [5.41, 5.74) is 11.4. The molecule has 0 spiro atoms. The molecule has 7 N–H and O–H groups in total. The third-order valence-corrected chi connectivity index (χ3v) is 5.83. The van der Waals surface area contributed by atoms with Crippen LogP contribution >= 0.6 is 0 Å². The summed E-state index contributed by atoms with van der Waals surface area (Å²) in [5, 5.41) is 4.96. The summed E-state index contributed by atoms with van der Waals surface area (Å²) in [6.07, 6.45) is 0.254. The highest BCUT2D eigenvalue weighted by Crippen LogP contribution is 2.17. The summed E-state index contributed by atoms with van der Waals surface area (Å²) in [6, 6.07) is 10.2. The van der Waals surface area contributed by atoms with Gasteiger partial charge in [0.2, 0.25) is 21.8 Å². The van der Waals surface area contributed by atoms with Gasteiger partial charge in [0.1, 0.15) is 11.2 Å². The number of nitrogens with two attached hydrogens (primary N) is 2. The molecule has 2 aromatic carbocycles. The molecule has 1 unspecified atom stereocenters. The first-order valence-electron chi connectivity index (χ1n) is 9.41. The van der Waals surface area contributed by atoms with Gasteiger partial charge in [-0.3, -0.25) is 14.4 Å². The Labute approximate surface area is 184 Å². The van der Waals surface area contributed by atoms with Crippen molar-refractivity contribution in [2.45, 2.75) is 17.4 Å². The van der Waals surface area contributed by atoms with Crippen molar-refractivity contribution in [3.8, 4) is 0 Å². The first-order chi connectivity index (χ1) is 15.1. The molecule has 0 bridgehead atoms. The number of aldehydes is 1. The number of carbonyl (C=O) groups excluding carboxylic acids is 4. The van der Waals surface area contributed by atoms with Crippen LogP contribution in [0.3, 0.4) is 0 Å². The van der Waals surface area contributed by atoms with Crippen LogP contribution in [0, 0.1) is 0 Å². The van der Waals surface area contributed by atoms with Gasteiger partial charge in [0.25, 0.3) is 5.91 Å². The zero-order valence-corrected chi connectivity index (χ0v) is 17.7.